The lowest BCUT2D eigenvalue weighted by Crippen LogP contribution is -2.65. The summed E-state index contributed by atoms with van der Waals surface area (Å²) in [6.07, 6.45) is -13.4. The number of benzene rings is 6. The number of carbonyl (C=O) groups excluding carboxylic acids is 9. The Balaban J connectivity index is 1.02. The zero-order valence-corrected chi connectivity index (χ0v) is 69.1. The maximum Gasteiger partial charge on any atom is 0.261 e. The topological polar surface area (TPSA) is 583 Å². The van der Waals surface area contributed by atoms with Crippen LogP contribution in [0.3, 0.4) is 0 Å². The first-order valence-electron chi connectivity index (χ1n) is 39.0. The lowest BCUT2D eigenvalue weighted by Gasteiger charge is -2.48. The number of hydrogen-bond donors (Lipinski definition) is 22. The van der Waals surface area contributed by atoms with E-state index in [4.69, 9.17) is 69.0 Å². The van der Waals surface area contributed by atoms with Crippen LogP contribution in [-0.2, 0) is 63.9 Å². The van der Waals surface area contributed by atoms with Gasteiger partial charge in [-0.2, -0.15) is 0 Å². The van der Waals surface area contributed by atoms with Crippen molar-refractivity contribution in [3.8, 4) is 57.1 Å². The number of halogens is 3. The number of aliphatic hydroxyl groups excluding tert-OH is 7. The van der Waals surface area contributed by atoms with E-state index in [1.54, 1.807) is 43.3 Å². The first-order chi connectivity index (χ1) is 59.0. The number of carbonyl (C=O) groups is 9. The molecule has 38 nitrogen and oxygen atoms in total. The van der Waals surface area contributed by atoms with E-state index < -0.39 is 250 Å². The van der Waals surface area contributed by atoms with Gasteiger partial charge in [-0.15, -0.1) is 0 Å². The molecule has 11 bridgehead atoms. The maximum absolute atomic E-state index is 16.3. The Morgan fingerprint density at radius 1 is 0.710 bits per heavy atom. The van der Waals surface area contributed by atoms with Gasteiger partial charge in [-0.1, -0.05) is 79.0 Å². The predicted octanol–water partition coefficient (Wildman–Crippen LogP) is 2.17. The number of rotatable bonds is 22. The van der Waals surface area contributed by atoms with Crippen LogP contribution in [0.1, 0.15) is 116 Å². The van der Waals surface area contributed by atoms with Gasteiger partial charge in [0.1, 0.15) is 95.5 Å². The number of pyridine rings is 1. The number of amides is 9. The van der Waals surface area contributed by atoms with Crippen molar-refractivity contribution in [2.75, 3.05) is 32.1 Å². The number of hydrogen-bond acceptors (Lipinski definition) is 29. The van der Waals surface area contributed by atoms with Crippen LogP contribution in [0.4, 0.5) is 5.69 Å². The second-order valence-corrected chi connectivity index (χ2v) is 32.0. The Morgan fingerprint density at radius 2 is 1.36 bits per heavy atom. The van der Waals surface area contributed by atoms with Gasteiger partial charge in [-0.3, -0.25) is 53.6 Å². The number of phenols is 3. The monoisotopic (exact) mass is 1780 g/mol. The summed E-state index contributed by atoms with van der Waals surface area (Å²) in [4.78, 5) is 137. The highest BCUT2D eigenvalue weighted by Gasteiger charge is 2.52. The van der Waals surface area contributed by atoms with Gasteiger partial charge in [0.05, 0.1) is 59.8 Å². The Kier molecular flexibility index (Phi) is 29.3. The average molecular weight is 1780 g/mol. The zero-order valence-electron chi connectivity index (χ0n) is 66.8. The van der Waals surface area contributed by atoms with Crippen LogP contribution >= 0.6 is 34.8 Å². The molecule has 2 saturated heterocycles. The summed E-state index contributed by atoms with van der Waals surface area (Å²) in [5, 5.41) is 140. The van der Waals surface area contributed by atoms with E-state index in [0.717, 1.165) is 66.7 Å². The number of ether oxygens (including phenoxy) is 6. The molecular formula is C83H92Cl3N13O25. The number of aliphatic hydroxyl groups is 7. The summed E-state index contributed by atoms with van der Waals surface area (Å²) in [5.74, 6) is -15.9. The molecule has 1 aromatic heterocycles. The molecule has 124 heavy (non-hydrogen) atoms. The van der Waals surface area contributed by atoms with E-state index >= 15 is 24.0 Å². The molecular weight excluding hydrogens is 1690 g/mol. The number of nitrogens with zero attached hydrogens (tertiary/aromatic N) is 1. The van der Waals surface area contributed by atoms with E-state index in [-0.39, 0.29) is 59.3 Å². The number of aromatic nitrogens is 1. The molecule has 7 aliphatic heterocycles. The third kappa shape index (κ3) is 21.2. The number of nitrogens with one attached hydrogen (secondary N) is 11. The Hall–Kier alpha value is -11.4. The van der Waals surface area contributed by atoms with Crippen LogP contribution in [0.15, 0.2) is 128 Å². The number of aromatic hydroxyl groups is 3. The Bertz CT molecular complexity index is 5230. The minimum atomic E-state index is -2.39. The van der Waals surface area contributed by atoms with Gasteiger partial charge in [0.15, 0.2) is 23.9 Å². The molecule has 23 N–H and O–H groups in total. The molecule has 18 atom stereocenters. The first-order valence-corrected chi connectivity index (χ1v) is 40.2. The van der Waals surface area contributed by atoms with Crippen molar-refractivity contribution < 1.29 is 123 Å². The molecule has 0 spiro atoms. The standard InChI is InChI=1S/C83H92Cl3N13O25/c1-35(2)20-50(88-5)75(112)97-66-68(107)40-10-15-54(48(85)23-40)120-56-25-42-26-57(72(56)124-82-73(71(110)70(109)58(34-101)122-82)123-61-30-83(4,74(111)36(3)119-61)90-32-38-21-44(33-89-31-38)92-60(106)17-8-37-6-12-43(84)13-7-37)121-55-16-11-41(24-49(55)86)69(108)67-80(117)96-65(81(118)99-91-18-19-100)47-27-45(102)28-53(104)62(47)46-22-39(9-14-52(46)103)63(77(114)98-67)95-78(115)64(42)94-76(113)51(29-59(87)105)93-79(66)116/h6-17,21-28,31,33,35-36,50-51,58,61,63-71,73-74,82,88,90-91,100-104,107-111H,18-20,29-30,32,34H2,1-5H3,(H2,87,105)(H,92,106)(H,93,116)(H,94,113)(H,95,115)(H,96,117)(H,97,112)(H,98,114)(H,99,118)/b17-8+/t36?,50?,51?,58?,61?,63?,64?,65-,66?,67?,68?,69?,70?,71?,73?,74?,82?,83+/m1/s1. The second kappa shape index (κ2) is 39.6. The molecule has 9 amide bonds. The summed E-state index contributed by atoms with van der Waals surface area (Å²) in [6, 6.07) is 8.06. The predicted molar refractivity (Wildman–Crippen MR) is 441 cm³/mol. The van der Waals surface area contributed by atoms with Crippen LogP contribution in [0.2, 0.25) is 15.1 Å². The van der Waals surface area contributed by atoms with Crippen LogP contribution in [0.5, 0.6) is 46.0 Å². The van der Waals surface area contributed by atoms with E-state index in [2.05, 4.69) is 63.7 Å². The highest BCUT2D eigenvalue weighted by Crippen LogP contribution is 2.50. The van der Waals surface area contributed by atoms with Gasteiger partial charge in [-0.05, 0) is 151 Å². The Labute approximate surface area is 722 Å². The summed E-state index contributed by atoms with van der Waals surface area (Å²) in [5.41, 5.74) is 8.07. The van der Waals surface area contributed by atoms with Crippen LogP contribution in [0, 0.1) is 5.92 Å². The van der Waals surface area contributed by atoms with Crippen molar-refractivity contribution in [3.63, 3.8) is 0 Å². The molecule has 14 rings (SSSR count). The molecule has 660 valence electrons. The van der Waals surface area contributed by atoms with E-state index in [1.807, 2.05) is 13.8 Å². The average Bonchev–Trinajstić information content (AvgIpc) is 0.766. The summed E-state index contributed by atoms with van der Waals surface area (Å²) in [7, 11) is 1.47. The molecule has 6 aromatic carbocycles. The smallest absolute Gasteiger partial charge is 0.261 e. The summed E-state index contributed by atoms with van der Waals surface area (Å²) in [6.45, 7) is 5.00. The van der Waals surface area contributed by atoms with Crippen molar-refractivity contribution in [1.29, 1.82) is 0 Å². The van der Waals surface area contributed by atoms with Gasteiger partial charge in [-0.25, -0.2) is 5.43 Å². The lowest BCUT2D eigenvalue weighted by atomic mass is 9.84. The van der Waals surface area contributed by atoms with Crippen molar-refractivity contribution in [2.45, 2.75) is 163 Å². The largest absolute Gasteiger partial charge is 0.508 e. The minimum absolute atomic E-state index is 0.00506. The van der Waals surface area contributed by atoms with Gasteiger partial charge >= 0.3 is 0 Å². The third-order valence-electron chi connectivity index (χ3n) is 21.3. The van der Waals surface area contributed by atoms with Crippen LogP contribution < -0.4 is 78.6 Å². The van der Waals surface area contributed by atoms with Gasteiger partial charge < -0.3 is 133 Å². The fourth-order valence-corrected chi connectivity index (χ4v) is 15.4. The van der Waals surface area contributed by atoms with E-state index in [1.165, 1.54) is 44.6 Å². The molecule has 16 unspecified atom stereocenters. The van der Waals surface area contributed by atoms with Gasteiger partial charge in [0.2, 0.25) is 59.3 Å². The highest BCUT2D eigenvalue weighted by molar-refractivity contribution is 6.32. The molecule has 0 radical (unpaired) electrons. The fraction of sp³-hybridized carbons (Fsp3) is 0.373. The number of hydrazine groups is 1. The van der Waals surface area contributed by atoms with Gasteiger partial charge in [0, 0.05) is 59.5 Å². The van der Waals surface area contributed by atoms with E-state index in [0.29, 0.717) is 21.8 Å². The number of nitrogens with two attached hydrogens (primary N) is 1. The molecule has 2 fully saturated rings. The number of anilines is 1. The van der Waals surface area contributed by atoms with E-state index in [9.17, 15) is 70.2 Å². The quantitative estimate of drug-likeness (QED) is 0.0263. The number of phenolic OH excluding ortho intramolecular Hbond substituents is 3. The Morgan fingerprint density at radius 3 is 2.01 bits per heavy atom. The fourth-order valence-electron chi connectivity index (χ4n) is 14.8. The normalized spacial score (nSPS) is 26.1. The van der Waals surface area contributed by atoms with Crippen molar-refractivity contribution >= 4 is 99.7 Å². The third-order valence-corrected chi connectivity index (χ3v) is 22.1. The van der Waals surface area contributed by atoms with Crippen molar-refractivity contribution in [1.82, 2.24) is 58.4 Å². The molecule has 7 aromatic rings. The second-order valence-electron chi connectivity index (χ2n) is 30.7. The maximum atomic E-state index is 16.3. The number of likely N-dealkylation sites (N-methyl/N-ethyl adjacent to an activating group) is 1. The molecule has 41 heteroatoms. The highest BCUT2D eigenvalue weighted by atomic mass is 35.5. The van der Waals surface area contributed by atoms with Crippen molar-refractivity contribution in [3.05, 3.63) is 182 Å². The SMILES string of the molecule is CNC(CC(C)C)C(=O)NC1C(=O)NC(CC(N)=O)C(=O)NC2C(=O)NC3C(=O)NC(C(=O)N[C@@H](C(=O)NNCCO)c4cc(O)cc(O)c4-c4cc3ccc4O)C(O)c3ccc(c(Cl)c3)Oc3cc2cc(c3OC2OC(CO)C(O)C(O)C2OC2C[C@](C)(NCc3cncc(NC(=O)/C=C/c4ccc(Cl)cc4)c3)C(O)C(C)O2)Oc2ccc(cc2Cl)C1O. The van der Waals surface area contributed by atoms with Crippen LogP contribution in [0.25, 0.3) is 17.2 Å². The minimum Gasteiger partial charge on any atom is -0.508 e. The van der Waals surface area contributed by atoms with Gasteiger partial charge in [0.25, 0.3) is 5.91 Å². The summed E-state index contributed by atoms with van der Waals surface area (Å²) < 4.78 is 39.5. The first kappa shape index (κ1) is 91.8. The summed E-state index contributed by atoms with van der Waals surface area (Å²) >= 11 is 20.4. The number of fused-ring (bicyclic) bond motifs is 15. The molecule has 0 aliphatic carbocycles. The molecule has 8 heterocycles. The lowest BCUT2D eigenvalue weighted by molar-refractivity contribution is -0.334. The zero-order chi connectivity index (χ0) is 89.4. The van der Waals surface area contributed by atoms with Crippen LogP contribution in [-0.4, -0.2) is 215 Å². The van der Waals surface area contributed by atoms with Crippen molar-refractivity contribution in [2.24, 2.45) is 11.7 Å². The number of primary amides is 1. The molecule has 7 aliphatic rings. The molecule has 0 saturated carbocycles.